The molecule has 0 unspecified atom stereocenters. The van der Waals surface area contributed by atoms with E-state index in [1.54, 1.807) is 6.07 Å². The molecule has 0 saturated carbocycles. The summed E-state index contributed by atoms with van der Waals surface area (Å²) in [5, 5.41) is 10.3. The van der Waals surface area contributed by atoms with Gasteiger partial charge >= 0.3 is 0 Å². The van der Waals surface area contributed by atoms with Crippen LogP contribution in [0, 0.1) is 5.92 Å². The van der Waals surface area contributed by atoms with Crippen LogP contribution in [0.25, 0.3) is 0 Å². The van der Waals surface area contributed by atoms with Crippen LogP contribution in [0.2, 0.25) is 5.02 Å². The molecule has 2 heteroatoms. The van der Waals surface area contributed by atoms with Crippen molar-refractivity contribution in [2.45, 2.75) is 20.0 Å². The Labute approximate surface area is 78.0 Å². The largest absolute Gasteiger partial charge is 0.388 e. The highest BCUT2D eigenvalue weighted by Crippen LogP contribution is 2.27. The molecule has 1 aromatic carbocycles. The van der Waals surface area contributed by atoms with E-state index in [-0.39, 0.29) is 5.92 Å². The molecule has 0 bridgehead atoms. The average Bonchev–Trinajstić information content (AvgIpc) is 2.04. The lowest BCUT2D eigenvalue weighted by Crippen LogP contribution is -2.05. The molecule has 0 amide bonds. The first-order valence-electron chi connectivity index (χ1n) is 4.05. The summed E-state index contributed by atoms with van der Waals surface area (Å²) in [4.78, 5) is 0. The van der Waals surface area contributed by atoms with Gasteiger partial charge in [-0.25, -0.2) is 0 Å². The van der Waals surface area contributed by atoms with Gasteiger partial charge in [-0.05, 0) is 17.5 Å². The predicted octanol–water partition coefficient (Wildman–Crippen LogP) is 3.03. The zero-order valence-electron chi connectivity index (χ0n) is 7.29. The maximum Gasteiger partial charge on any atom is 0.0827 e. The molecular weight excluding hydrogens is 172 g/mol. The van der Waals surface area contributed by atoms with Crippen molar-refractivity contribution >= 4 is 11.6 Å². The molecule has 0 aliphatic rings. The third-order valence-electron chi connectivity index (χ3n) is 1.86. The normalized spacial score (nSPS) is 13.4. The summed E-state index contributed by atoms with van der Waals surface area (Å²) in [5.41, 5.74) is 0.814. The third-order valence-corrected chi connectivity index (χ3v) is 2.20. The first-order valence-corrected chi connectivity index (χ1v) is 4.43. The molecular formula is C10H13ClO. The van der Waals surface area contributed by atoms with Crippen LogP contribution in [0.3, 0.4) is 0 Å². The lowest BCUT2D eigenvalue weighted by atomic mass is 9.99. The molecule has 0 radical (unpaired) electrons. The molecule has 1 aromatic rings. The van der Waals surface area contributed by atoms with E-state index in [0.29, 0.717) is 5.02 Å². The van der Waals surface area contributed by atoms with Crippen LogP contribution in [0.5, 0.6) is 0 Å². The Morgan fingerprint density at radius 1 is 1.25 bits per heavy atom. The molecule has 66 valence electrons. The predicted molar refractivity (Wildman–Crippen MR) is 51.2 cm³/mol. The Kier molecular flexibility index (Phi) is 3.12. The Hall–Kier alpha value is -0.530. The van der Waals surface area contributed by atoms with E-state index < -0.39 is 6.10 Å². The summed E-state index contributed by atoms with van der Waals surface area (Å²) < 4.78 is 0. The molecule has 12 heavy (non-hydrogen) atoms. The van der Waals surface area contributed by atoms with Gasteiger partial charge in [-0.1, -0.05) is 43.6 Å². The highest BCUT2D eigenvalue weighted by atomic mass is 35.5. The highest BCUT2D eigenvalue weighted by molar-refractivity contribution is 6.31. The van der Waals surface area contributed by atoms with Crippen LogP contribution in [0.4, 0.5) is 0 Å². The van der Waals surface area contributed by atoms with Gasteiger partial charge in [0.2, 0.25) is 0 Å². The SMILES string of the molecule is CC(C)[C@@H](O)c1ccccc1Cl. The van der Waals surface area contributed by atoms with Crippen molar-refractivity contribution < 1.29 is 5.11 Å². The summed E-state index contributed by atoms with van der Waals surface area (Å²) >= 11 is 5.90. The van der Waals surface area contributed by atoms with Crippen molar-refractivity contribution in [3.63, 3.8) is 0 Å². The number of halogens is 1. The van der Waals surface area contributed by atoms with Gasteiger partial charge in [-0.3, -0.25) is 0 Å². The second kappa shape index (κ2) is 3.92. The monoisotopic (exact) mass is 184 g/mol. The van der Waals surface area contributed by atoms with E-state index >= 15 is 0 Å². The quantitative estimate of drug-likeness (QED) is 0.749. The van der Waals surface area contributed by atoms with Crippen molar-refractivity contribution in [2.24, 2.45) is 5.92 Å². The summed E-state index contributed by atoms with van der Waals surface area (Å²) in [5.74, 6) is 0.199. The van der Waals surface area contributed by atoms with Crippen molar-refractivity contribution in [3.8, 4) is 0 Å². The smallest absolute Gasteiger partial charge is 0.0827 e. The minimum absolute atomic E-state index is 0.199. The fraction of sp³-hybridized carbons (Fsp3) is 0.400. The van der Waals surface area contributed by atoms with Gasteiger partial charge in [0.25, 0.3) is 0 Å². The summed E-state index contributed by atoms with van der Waals surface area (Å²) in [6, 6.07) is 7.39. The number of rotatable bonds is 2. The van der Waals surface area contributed by atoms with Gasteiger partial charge in [0.05, 0.1) is 6.10 Å². The van der Waals surface area contributed by atoms with E-state index in [1.165, 1.54) is 0 Å². The first kappa shape index (κ1) is 9.56. The summed E-state index contributed by atoms with van der Waals surface area (Å²) in [6.45, 7) is 3.93. The topological polar surface area (TPSA) is 20.2 Å². The fourth-order valence-electron chi connectivity index (χ4n) is 1.07. The molecule has 0 heterocycles. The number of aliphatic hydroxyl groups excluding tert-OH is 1. The van der Waals surface area contributed by atoms with Crippen LogP contribution in [0.15, 0.2) is 24.3 Å². The van der Waals surface area contributed by atoms with E-state index in [1.807, 2.05) is 32.0 Å². The molecule has 0 aliphatic carbocycles. The van der Waals surface area contributed by atoms with Gasteiger partial charge < -0.3 is 5.11 Å². The van der Waals surface area contributed by atoms with E-state index in [2.05, 4.69) is 0 Å². The van der Waals surface area contributed by atoms with Gasteiger partial charge in [-0.2, -0.15) is 0 Å². The molecule has 0 saturated heterocycles. The molecule has 1 N–H and O–H groups in total. The maximum atomic E-state index is 9.69. The summed E-state index contributed by atoms with van der Waals surface area (Å²) in [6.07, 6.45) is -0.460. The van der Waals surface area contributed by atoms with Crippen LogP contribution >= 0.6 is 11.6 Å². The standard InChI is InChI=1S/C10H13ClO/c1-7(2)10(12)8-5-3-4-6-9(8)11/h3-7,10,12H,1-2H3/t10-/m1/s1. The minimum atomic E-state index is -0.460. The van der Waals surface area contributed by atoms with Gasteiger partial charge in [-0.15, -0.1) is 0 Å². The van der Waals surface area contributed by atoms with E-state index in [4.69, 9.17) is 11.6 Å². The number of hydrogen-bond acceptors (Lipinski definition) is 1. The number of aliphatic hydroxyl groups is 1. The molecule has 0 aliphatic heterocycles. The summed E-state index contributed by atoms with van der Waals surface area (Å²) in [7, 11) is 0. The molecule has 0 fully saturated rings. The third kappa shape index (κ3) is 1.99. The average molecular weight is 185 g/mol. The van der Waals surface area contributed by atoms with Crippen LogP contribution in [-0.2, 0) is 0 Å². The molecule has 1 rings (SSSR count). The molecule has 1 nitrogen and oxygen atoms in total. The van der Waals surface area contributed by atoms with E-state index in [0.717, 1.165) is 5.56 Å². The van der Waals surface area contributed by atoms with Crippen molar-refractivity contribution in [1.29, 1.82) is 0 Å². The molecule has 1 atom stereocenters. The maximum absolute atomic E-state index is 9.69. The highest BCUT2D eigenvalue weighted by Gasteiger charge is 2.13. The second-order valence-electron chi connectivity index (χ2n) is 3.21. The van der Waals surface area contributed by atoms with Gasteiger partial charge in [0.1, 0.15) is 0 Å². The molecule has 0 aromatic heterocycles. The van der Waals surface area contributed by atoms with Crippen LogP contribution in [-0.4, -0.2) is 5.11 Å². The van der Waals surface area contributed by atoms with E-state index in [9.17, 15) is 5.11 Å². The van der Waals surface area contributed by atoms with Crippen molar-refractivity contribution in [2.75, 3.05) is 0 Å². The Morgan fingerprint density at radius 3 is 2.33 bits per heavy atom. The Balaban J connectivity index is 2.94. The minimum Gasteiger partial charge on any atom is -0.388 e. The lowest BCUT2D eigenvalue weighted by Gasteiger charge is -2.15. The second-order valence-corrected chi connectivity index (χ2v) is 3.62. The zero-order chi connectivity index (χ0) is 9.14. The van der Waals surface area contributed by atoms with Crippen molar-refractivity contribution in [3.05, 3.63) is 34.9 Å². The first-order chi connectivity index (χ1) is 5.63. The fourth-order valence-corrected chi connectivity index (χ4v) is 1.32. The Bertz CT molecular complexity index is 258. The van der Waals surface area contributed by atoms with Gasteiger partial charge in [0, 0.05) is 5.02 Å². The van der Waals surface area contributed by atoms with Crippen LogP contribution < -0.4 is 0 Å². The lowest BCUT2D eigenvalue weighted by molar-refractivity contribution is 0.127. The van der Waals surface area contributed by atoms with Crippen LogP contribution in [0.1, 0.15) is 25.5 Å². The number of hydrogen-bond donors (Lipinski definition) is 1. The number of benzene rings is 1. The zero-order valence-corrected chi connectivity index (χ0v) is 8.05. The van der Waals surface area contributed by atoms with Gasteiger partial charge in [0.15, 0.2) is 0 Å². The molecule has 0 spiro atoms. The van der Waals surface area contributed by atoms with Crippen molar-refractivity contribution in [1.82, 2.24) is 0 Å². The Morgan fingerprint density at radius 2 is 1.83 bits per heavy atom.